The van der Waals surface area contributed by atoms with Crippen LogP contribution in [0.3, 0.4) is 0 Å². The van der Waals surface area contributed by atoms with Crippen LogP contribution in [0, 0.1) is 21.0 Å². The SMILES string of the molecule is COc1cc(C)c(-c2cccc3cccc(-c4cc(I)c(OC)cc4C)c23)cc1I. The summed E-state index contributed by atoms with van der Waals surface area (Å²) < 4.78 is 13.3. The number of benzene rings is 4. The highest BCUT2D eigenvalue weighted by molar-refractivity contribution is 14.1. The maximum absolute atomic E-state index is 5.53. The van der Waals surface area contributed by atoms with Crippen molar-refractivity contribution in [1.82, 2.24) is 0 Å². The van der Waals surface area contributed by atoms with Gasteiger partial charge in [-0.05, 0) is 127 Å². The normalized spacial score (nSPS) is 11.0. The van der Waals surface area contributed by atoms with E-state index in [9.17, 15) is 0 Å². The molecule has 0 amide bonds. The Kier molecular flexibility index (Phi) is 6.25. The molecular formula is C26H22I2O2. The van der Waals surface area contributed by atoms with Crippen LogP contribution in [0.15, 0.2) is 60.7 Å². The average molecular weight is 620 g/mol. The monoisotopic (exact) mass is 620 g/mol. The first-order chi connectivity index (χ1) is 14.4. The molecular weight excluding hydrogens is 598 g/mol. The van der Waals surface area contributed by atoms with Gasteiger partial charge in [-0.15, -0.1) is 0 Å². The lowest BCUT2D eigenvalue weighted by molar-refractivity contribution is 0.411. The van der Waals surface area contributed by atoms with E-state index in [1.165, 1.54) is 44.2 Å². The van der Waals surface area contributed by atoms with Crippen LogP contribution in [0.4, 0.5) is 0 Å². The maximum atomic E-state index is 5.53. The lowest BCUT2D eigenvalue weighted by Crippen LogP contribution is -1.95. The zero-order chi connectivity index (χ0) is 21.4. The highest BCUT2D eigenvalue weighted by Crippen LogP contribution is 2.41. The predicted molar refractivity (Wildman–Crippen MR) is 143 cm³/mol. The molecule has 4 heteroatoms. The standard InChI is InChI=1S/C26H22I2O2/c1-15-11-24(29-3)22(27)13-20(15)18-9-5-7-17-8-6-10-19(26(17)18)21-14-23(28)25(30-4)12-16(21)2/h5-14H,1-4H3. The summed E-state index contributed by atoms with van der Waals surface area (Å²) in [6.45, 7) is 4.30. The zero-order valence-electron chi connectivity index (χ0n) is 17.3. The molecule has 2 nitrogen and oxygen atoms in total. The van der Waals surface area contributed by atoms with Gasteiger partial charge in [0.2, 0.25) is 0 Å². The van der Waals surface area contributed by atoms with Gasteiger partial charge in [-0.3, -0.25) is 0 Å². The second kappa shape index (κ2) is 8.75. The highest BCUT2D eigenvalue weighted by Gasteiger charge is 2.16. The second-order valence-electron chi connectivity index (χ2n) is 7.31. The maximum Gasteiger partial charge on any atom is 0.132 e. The molecule has 0 heterocycles. The van der Waals surface area contributed by atoms with E-state index in [1.807, 2.05) is 0 Å². The molecule has 0 aliphatic carbocycles. The summed E-state index contributed by atoms with van der Waals surface area (Å²) in [6.07, 6.45) is 0. The number of fused-ring (bicyclic) bond motifs is 1. The Morgan fingerprint density at radius 1 is 0.600 bits per heavy atom. The van der Waals surface area contributed by atoms with Crippen molar-refractivity contribution in [2.45, 2.75) is 13.8 Å². The average Bonchev–Trinajstić information content (AvgIpc) is 2.75. The number of hydrogen-bond donors (Lipinski definition) is 0. The highest BCUT2D eigenvalue weighted by atomic mass is 127. The van der Waals surface area contributed by atoms with Gasteiger partial charge in [-0.25, -0.2) is 0 Å². The predicted octanol–water partition coefficient (Wildman–Crippen LogP) is 8.02. The lowest BCUT2D eigenvalue weighted by atomic mass is 9.88. The molecule has 4 aromatic rings. The second-order valence-corrected chi connectivity index (χ2v) is 9.64. The minimum Gasteiger partial charge on any atom is -0.496 e. The summed E-state index contributed by atoms with van der Waals surface area (Å²) in [7, 11) is 3.45. The Morgan fingerprint density at radius 3 is 1.43 bits per heavy atom. The molecule has 0 atom stereocenters. The Hall–Kier alpha value is -1.80. The van der Waals surface area contributed by atoms with Crippen molar-refractivity contribution in [3.05, 3.63) is 78.9 Å². The number of rotatable bonds is 4. The largest absolute Gasteiger partial charge is 0.496 e. The third-order valence-corrected chi connectivity index (χ3v) is 7.17. The van der Waals surface area contributed by atoms with E-state index in [1.54, 1.807) is 14.2 Å². The third kappa shape index (κ3) is 3.80. The van der Waals surface area contributed by atoms with Crippen LogP contribution in [-0.4, -0.2) is 14.2 Å². The molecule has 0 unspecified atom stereocenters. The van der Waals surface area contributed by atoms with Gasteiger partial charge in [-0.2, -0.15) is 0 Å². The van der Waals surface area contributed by atoms with Crippen molar-refractivity contribution in [2.24, 2.45) is 0 Å². The molecule has 0 fully saturated rings. The van der Waals surface area contributed by atoms with Gasteiger partial charge in [0.25, 0.3) is 0 Å². The first-order valence-electron chi connectivity index (χ1n) is 9.65. The van der Waals surface area contributed by atoms with E-state index in [4.69, 9.17) is 9.47 Å². The van der Waals surface area contributed by atoms with E-state index >= 15 is 0 Å². The summed E-state index contributed by atoms with van der Waals surface area (Å²) in [5, 5.41) is 2.51. The molecule has 0 N–H and O–H groups in total. The summed E-state index contributed by atoms with van der Waals surface area (Å²) in [6, 6.07) is 21.8. The van der Waals surface area contributed by atoms with E-state index in [0.29, 0.717) is 0 Å². The number of halogens is 2. The summed E-state index contributed by atoms with van der Waals surface area (Å²) in [4.78, 5) is 0. The van der Waals surface area contributed by atoms with Crippen molar-refractivity contribution in [3.63, 3.8) is 0 Å². The molecule has 0 aliphatic rings. The van der Waals surface area contributed by atoms with E-state index in [0.717, 1.165) is 18.6 Å². The van der Waals surface area contributed by atoms with Crippen molar-refractivity contribution in [1.29, 1.82) is 0 Å². The van der Waals surface area contributed by atoms with Gasteiger partial charge in [-0.1, -0.05) is 36.4 Å². The summed E-state index contributed by atoms with van der Waals surface area (Å²) in [5.74, 6) is 1.83. The third-order valence-electron chi connectivity index (χ3n) is 5.48. The summed E-state index contributed by atoms with van der Waals surface area (Å²) >= 11 is 4.70. The molecule has 0 radical (unpaired) electrons. The van der Waals surface area contributed by atoms with Crippen LogP contribution in [-0.2, 0) is 0 Å². The quantitative estimate of drug-likeness (QED) is 0.215. The van der Waals surface area contributed by atoms with Gasteiger partial charge < -0.3 is 9.47 Å². The molecule has 4 aromatic carbocycles. The van der Waals surface area contributed by atoms with Crippen molar-refractivity contribution in [3.8, 4) is 33.8 Å². The lowest BCUT2D eigenvalue weighted by Gasteiger charge is -2.17. The van der Waals surface area contributed by atoms with Crippen molar-refractivity contribution >= 4 is 56.0 Å². The molecule has 0 saturated carbocycles. The van der Waals surface area contributed by atoms with Gasteiger partial charge in [0.05, 0.1) is 21.4 Å². The van der Waals surface area contributed by atoms with Gasteiger partial charge >= 0.3 is 0 Å². The van der Waals surface area contributed by atoms with Crippen LogP contribution < -0.4 is 9.47 Å². The van der Waals surface area contributed by atoms with E-state index < -0.39 is 0 Å². The van der Waals surface area contributed by atoms with Crippen molar-refractivity contribution in [2.75, 3.05) is 14.2 Å². The fraction of sp³-hybridized carbons (Fsp3) is 0.154. The Morgan fingerprint density at radius 2 is 1.03 bits per heavy atom. The number of hydrogen-bond acceptors (Lipinski definition) is 2. The number of methoxy groups -OCH3 is 2. The fourth-order valence-electron chi connectivity index (χ4n) is 3.99. The number of ether oxygens (including phenoxy) is 2. The van der Waals surface area contributed by atoms with Crippen LogP contribution in [0.5, 0.6) is 11.5 Å². The summed E-state index contributed by atoms with van der Waals surface area (Å²) in [5.41, 5.74) is 7.36. The molecule has 0 saturated heterocycles. The minimum atomic E-state index is 0.915. The zero-order valence-corrected chi connectivity index (χ0v) is 21.7. The van der Waals surface area contributed by atoms with Gasteiger partial charge in [0.1, 0.15) is 11.5 Å². The van der Waals surface area contributed by atoms with Crippen molar-refractivity contribution < 1.29 is 9.47 Å². The van der Waals surface area contributed by atoms with E-state index in [2.05, 4.69) is 120 Å². The molecule has 30 heavy (non-hydrogen) atoms. The fourth-order valence-corrected chi connectivity index (χ4v) is 5.37. The molecule has 4 rings (SSSR count). The minimum absolute atomic E-state index is 0.915. The first-order valence-corrected chi connectivity index (χ1v) is 11.8. The van der Waals surface area contributed by atoms with Crippen LogP contribution >= 0.6 is 45.2 Å². The van der Waals surface area contributed by atoms with Crippen LogP contribution in [0.25, 0.3) is 33.0 Å². The molecule has 0 aromatic heterocycles. The van der Waals surface area contributed by atoms with Gasteiger partial charge in [0, 0.05) is 0 Å². The van der Waals surface area contributed by atoms with Crippen LogP contribution in [0.1, 0.15) is 11.1 Å². The number of aryl methyl sites for hydroxylation is 2. The first kappa shape index (κ1) is 21.4. The molecule has 152 valence electrons. The Labute approximate surface area is 204 Å². The topological polar surface area (TPSA) is 18.5 Å². The smallest absolute Gasteiger partial charge is 0.132 e. The Bertz CT molecular complexity index is 1170. The molecule has 0 spiro atoms. The Balaban J connectivity index is 2.05. The molecule has 0 aliphatic heterocycles. The van der Waals surface area contributed by atoms with E-state index in [-0.39, 0.29) is 0 Å². The van der Waals surface area contributed by atoms with Crippen LogP contribution in [0.2, 0.25) is 0 Å². The van der Waals surface area contributed by atoms with Gasteiger partial charge in [0.15, 0.2) is 0 Å². The molecule has 0 bridgehead atoms.